The van der Waals surface area contributed by atoms with Crippen molar-refractivity contribution in [2.24, 2.45) is 7.05 Å². The fraction of sp³-hybridized carbons (Fsp3) is 0.129. The number of anilines is 1. The minimum absolute atomic E-state index is 0.128. The van der Waals surface area contributed by atoms with E-state index >= 15 is 0 Å². The lowest BCUT2D eigenvalue weighted by Gasteiger charge is -2.19. The van der Waals surface area contributed by atoms with Gasteiger partial charge in [0.25, 0.3) is 5.91 Å². The highest BCUT2D eigenvalue weighted by molar-refractivity contribution is 6.04. The van der Waals surface area contributed by atoms with Crippen molar-refractivity contribution in [3.8, 4) is 11.3 Å². The van der Waals surface area contributed by atoms with E-state index in [4.69, 9.17) is 10.7 Å². The number of para-hydroxylation sites is 1. The van der Waals surface area contributed by atoms with Gasteiger partial charge >= 0.3 is 0 Å². The number of rotatable bonds is 6. The molecule has 0 aliphatic carbocycles. The van der Waals surface area contributed by atoms with Crippen LogP contribution >= 0.6 is 0 Å². The second-order valence-electron chi connectivity index (χ2n) is 9.73. The third-order valence-corrected chi connectivity index (χ3v) is 6.91. The second kappa shape index (κ2) is 10.1. The number of benzene rings is 2. The molecule has 0 fully saturated rings. The van der Waals surface area contributed by atoms with Crippen LogP contribution in [-0.2, 0) is 7.05 Å². The standard InChI is InChI=1S/C31H28N8O/c1-19-24(18-38(3)36-19)14-13-22-11-7-12-23-17-25(28(35-27(22)23)21-9-5-4-6-10-21)20(2)34-31(40)26-29(32)37-39-16-8-15-33-30(26)39/h4-18,20H,1-3H3,(H2,32,37)(H,34,40)/b14-13-/t20-/m0/s1. The molecule has 0 radical (unpaired) electrons. The largest absolute Gasteiger partial charge is 0.381 e. The number of carbonyl (C=O) groups is 1. The van der Waals surface area contributed by atoms with Crippen molar-refractivity contribution < 1.29 is 4.79 Å². The number of nitrogens with zero attached hydrogens (tertiary/aromatic N) is 6. The van der Waals surface area contributed by atoms with Crippen molar-refractivity contribution in [1.29, 1.82) is 0 Å². The van der Waals surface area contributed by atoms with Gasteiger partial charge in [0.2, 0.25) is 0 Å². The average molecular weight is 529 g/mol. The molecule has 2 aromatic carbocycles. The predicted octanol–water partition coefficient (Wildman–Crippen LogP) is 5.23. The normalized spacial score (nSPS) is 12.4. The molecule has 40 heavy (non-hydrogen) atoms. The fourth-order valence-corrected chi connectivity index (χ4v) is 4.96. The molecule has 9 heteroatoms. The van der Waals surface area contributed by atoms with Crippen LogP contribution in [0, 0.1) is 6.92 Å². The molecule has 0 aliphatic heterocycles. The number of nitrogens with one attached hydrogen (secondary N) is 1. The maximum Gasteiger partial charge on any atom is 0.259 e. The first-order valence-electron chi connectivity index (χ1n) is 13.0. The quantitative estimate of drug-likeness (QED) is 0.306. The SMILES string of the molecule is Cc1nn(C)cc1/C=C\c1cccc2cc([C@H](C)NC(=O)c3c(N)nn4cccnc34)c(-c3ccccc3)nc12. The van der Waals surface area contributed by atoms with Gasteiger partial charge in [-0.05, 0) is 26.0 Å². The van der Waals surface area contributed by atoms with E-state index in [1.807, 2.05) is 74.2 Å². The Labute approximate surface area is 231 Å². The van der Waals surface area contributed by atoms with Crippen LogP contribution in [-0.4, -0.2) is 35.3 Å². The Morgan fingerprint density at radius 1 is 1.02 bits per heavy atom. The Kier molecular flexibility index (Phi) is 6.31. The summed E-state index contributed by atoms with van der Waals surface area (Å²) in [4.78, 5) is 22.9. The number of hydrogen-bond donors (Lipinski definition) is 2. The maximum atomic E-state index is 13.4. The van der Waals surface area contributed by atoms with E-state index in [9.17, 15) is 4.79 Å². The van der Waals surface area contributed by atoms with Crippen LogP contribution in [0.1, 0.15) is 45.7 Å². The number of nitrogens with two attached hydrogens (primary N) is 1. The van der Waals surface area contributed by atoms with Crippen LogP contribution in [0.25, 0.3) is 40.0 Å². The van der Waals surface area contributed by atoms with Gasteiger partial charge in [-0.3, -0.25) is 9.48 Å². The number of aromatic nitrogens is 6. The van der Waals surface area contributed by atoms with E-state index in [1.165, 1.54) is 4.52 Å². The molecule has 0 saturated heterocycles. The molecule has 4 heterocycles. The van der Waals surface area contributed by atoms with Gasteiger partial charge < -0.3 is 11.1 Å². The minimum atomic E-state index is -0.380. The molecule has 6 rings (SSSR count). The van der Waals surface area contributed by atoms with Crippen molar-refractivity contribution >= 4 is 40.4 Å². The molecule has 9 nitrogen and oxygen atoms in total. The Hall–Kier alpha value is -5.31. The zero-order chi connectivity index (χ0) is 27.8. The van der Waals surface area contributed by atoms with E-state index in [0.717, 1.165) is 44.5 Å². The van der Waals surface area contributed by atoms with E-state index in [1.54, 1.807) is 18.5 Å². The van der Waals surface area contributed by atoms with Gasteiger partial charge in [0.15, 0.2) is 11.5 Å². The van der Waals surface area contributed by atoms with Crippen molar-refractivity contribution in [2.45, 2.75) is 19.9 Å². The lowest BCUT2D eigenvalue weighted by Crippen LogP contribution is -2.28. The monoisotopic (exact) mass is 528 g/mol. The Morgan fingerprint density at radius 3 is 2.60 bits per heavy atom. The summed E-state index contributed by atoms with van der Waals surface area (Å²) < 4.78 is 3.31. The van der Waals surface area contributed by atoms with E-state index < -0.39 is 0 Å². The first kappa shape index (κ1) is 25.0. The summed E-state index contributed by atoms with van der Waals surface area (Å²) in [7, 11) is 1.91. The molecule has 1 atom stereocenters. The molecule has 0 aliphatic rings. The molecule has 4 aromatic heterocycles. The number of fused-ring (bicyclic) bond motifs is 2. The highest BCUT2D eigenvalue weighted by atomic mass is 16.1. The molecule has 1 amide bonds. The summed E-state index contributed by atoms with van der Waals surface area (Å²) in [6.07, 6.45) is 9.45. The fourth-order valence-electron chi connectivity index (χ4n) is 4.96. The summed E-state index contributed by atoms with van der Waals surface area (Å²) in [5.74, 6) is -0.218. The van der Waals surface area contributed by atoms with Gasteiger partial charge in [0.1, 0.15) is 5.56 Å². The number of aryl methyl sites for hydroxylation is 2. The average Bonchev–Trinajstić information content (AvgIpc) is 3.47. The summed E-state index contributed by atoms with van der Waals surface area (Å²) in [5, 5.41) is 12.7. The van der Waals surface area contributed by atoms with Crippen molar-refractivity contribution in [3.05, 3.63) is 107 Å². The first-order valence-corrected chi connectivity index (χ1v) is 13.0. The van der Waals surface area contributed by atoms with E-state index in [-0.39, 0.29) is 23.3 Å². The number of carbonyl (C=O) groups excluding carboxylic acids is 1. The summed E-state index contributed by atoms with van der Waals surface area (Å²) >= 11 is 0. The third-order valence-electron chi connectivity index (χ3n) is 6.91. The lowest BCUT2D eigenvalue weighted by molar-refractivity contribution is 0.0942. The molecule has 0 unspecified atom stereocenters. The van der Waals surface area contributed by atoms with Crippen molar-refractivity contribution in [1.82, 2.24) is 34.7 Å². The van der Waals surface area contributed by atoms with Crippen LogP contribution in [0.5, 0.6) is 0 Å². The van der Waals surface area contributed by atoms with Gasteiger partial charge in [-0.2, -0.15) is 5.10 Å². The lowest BCUT2D eigenvalue weighted by atomic mass is 9.97. The van der Waals surface area contributed by atoms with Crippen molar-refractivity contribution in [3.63, 3.8) is 0 Å². The van der Waals surface area contributed by atoms with Crippen LogP contribution in [0.4, 0.5) is 5.82 Å². The Morgan fingerprint density at radius 2 is 1.82 bits per heavy atom. The van der Waals surface area contributed by atoms with Gasteiger partial charge in [-0.15, -0.1) is 5.10 Å². The number of pyridine rings is 1. The van der Waals surface area contributed by atoms with Crippen LogP contribution in [0.2, 0.25) is 0 Å². The van der Waals surface area contributed by atoms with Gasteiger partial charge in [0.05, 0.1) is 22.9 Å². The Balaban J connectivity index is 1.42. The van der Waals surface area contributed by atoms with Crippen LogP contribution < -0.4 is 11.1 Å². The second-order valence-corrected chi connectivity index (χ2v) is 9.73. The topological polar surface area (TPSA) is 116 Å². The number of amides is 1. The zero-order valence-corrected chi connectivity index (χ0v) is 22.4. The van der Waals surface area contributed by atoms with Gasteiger partial charge in [-0.25, -0.2) is 14.5 Å². The molecule has 3 N–H and O–H groups in total. The van der Waals surface area contributed by atoms with Gasteiger partial charge in [-0.1, -0.05) is 60.7 Å². The summed E-state index contributed by atoms with van der Waals surface area (Å²) in [6, 6.07) is 19.5. The van der Waals surface area contributed by atoms with E-state index in [0.29, 0.717) is 5.65 Å². The molecule has 0 saturated carbocycles. The molecule has 198 valence electrons. The molecular weight excluding hydrogens is 500 g/mol. The summed E-state index contributed by atoms with van der Waals surface area (Å²) in [6.45, 7) is 3.94. The summed E-state index contributed by atoms with van der Waals surface area (Å²) in [5.41, 5.74) is 13.3. The predicted molar refractivity (Wildman–Crippen MR) is 157 cm³/mol. The number of nitrogen functional groups attached to an aromatic ring is 1. The Bertz CT molecular complexity index is 1900. The third kappa shape index (κ3) is 4.58. The smallest absolute Gasteiger partial charge is 0.259 e. The maximum absolute atomic E-state index is 13.4. The molecular formula is C31H28N8O. The van der Waals surface area contributed by atoms with Crippen LogP contribution in [0.15, 0.2) is 79.3 Å². The molecule has 0 spiro atoms. The minimum Gasteiger partial charge on any atom is -0.381 e. The zero-order valence-electron chi connectivity index (χ0n) is 22.4. The van der Waals surface area contributed by atoms with E-state index in [2.05, 4.69) is 44.8 Å². The number of hydrogen-bond acceptors (Lipinski definition) is 6. The highest BCUT2D eigenvalue weighted by Gasteiger charge is 2.23. The first-order chi connectivity index (χ1) is 19.4. The van der Waals surface area contributed by atoms with Crippen molar-refractivity contribution in [2.75, 3.05) is 5.73 Å². The van der Waals surface area contributed by atoms with Gasteiger partial charge in [0, 0.05) is 53.3 Å². The van der Waals surface area contributed by atoms with Crippen LogP contribution in [0.3, 0.4) is 0 Å². The highest BCUT2D eigenvalue weighted by Crippen LogP contribution is 2.32. The molecule has 0 bridgehead atoms. The molecule has 6 aromatic rings.